The second-order valence-corrected chi connectivity index (χ2v) is 12.6. The molecule has 8 N–H and O–H groups in total. The van der Waals surface area contributed by atoms with E-state index in [1.165, 1.54) is 40.0 Å². The van der Waals surface area contributed by atoms with Crippen LogP contribution in [-0.4, -0.2) is 89.1 Å². The second kappa shape index (κ2) is 11.8. The SMILES string of the molecule is NC(=O)c1ccc[n+](C2CC(OP(=O)([O-])OP(=O)([O-])OCC3OC(n4cnc5c(N)ncnc54)C(O)C3O)C(O)C2O)c1. The number of primary amides is 1. The maximum absolute atomic E-state index is 12.4. The summed E-state index contributed by atoms with van der Waals surface area (Å²) in [5, 5.41) is 41.7. The number of aromatic nitrogens is 5. The molecule has 0 radical (unpaired) electrons. The van der Waals surface area contributed by atoms with E-state index in [1.807, 2.05) is 0 Å². The maximum Gasteiger partial charge on any atom is 0.274 e. The largest absolute Gasteiger partial charge is 0.756 e. The number of phosphoric acid groups is 2. The maximum atomic E-state index is 12.4. The van der Waals surface area contributed by atoms with Crippen LogP contribution in [0, 0.1) is 0 Å². The van der Waals surface area contributed by atoms with Gasteiger partial charge in [-0.3, -0.25) is 18.5 Å². The normalized spacial score (nSPS) is 32.0. The van der Waals surface area contributed by atoms with Gasteiger partial charge >= 0.3 is 0 Å². The Balaban J connectivity index is 1.20. The molecule has 234 valence electrons. The van der Waals surface area contributed by atoms with E-state index in [0.717, 1.165) is 6.33 Å². The molecule has 1 saturated heterocycles. The number of aliphatic hydroxyl groups excluding tert-OH is 4. The van der Waals surface area contributed by atoms with Crippen LogP contribution in [-0.2, 0) is 27.2 Å². The predicted molar refractivity (Wildman–Crippen MR) is 134 cm³/mol. The number of rotatable bonds is 10. The first kappa shape index (κ1) is 31.5. The third-order valence-corrected chi connectivity index (χ3v) is 9.54. The van der Waals surface area contributed by atoms with E-state index in [9.17, 15) is 44.1 Å². The number of aliphatic hydroxyl groups is 4. The van der Waals surface area contributed by atoms with Gasteiger partial charge in [0, 0.05) is 12.5 Å². The number of hydrogen-bond acceptors (Lipinski definition) is 17. The summed E-state index contributed by atoms with van der Waals surface area (Å²) >= 11 is 0. The third-order valence-electron chi connectivity index (χ3n) is 6.95. The van der Waals surface area contributed by atoms with Crippen molar-refractivity contribution in [3.05, 3.63) is 42.7 Å². The van der Waals surface area contributed by atoms with Crippen molar-refractivity contribution in [3.8, 4) is 0 Å². The van der Waals surface area contributed by atoms with Crippen LogP contribution in [0.25, 0.3) is 11.2 Å². The lowest BCUT2D eigenvalue weighted by Crippen LogP contribution is -2.45. The number of carbonyl (C=O) groups is 1. The van der Waals surface area contributed by atoms with Gasteiger partial charge in [-0.1, -0.05) is 0 Å². The molecule has 1 amide bonds. The van der Waals surface area contributed by atoms with E-state index < -0.39 is 77.1 Å². The van der Waals surface area contributed by atoms with Crippen molar-refractivity contribution < 1.29 is 66.8 Å². The average molecular weight is 646 g/mol. The first-order valence-corrected chi connectivity index (χ1v) is 15.4. The van der Waals surface area contributed by atoms with Gasteiger partial charge in [-0.2, -0.15) is 4.57 Å². The minimum atomic E-state index is -5.74. The quantitative estimate of drug-likeness (QED) is 0.0906. The number of anilines is 1. The minimum Gasteiger partial charge on any atom is -0.756 e. The summed E-state index contributed by atoms with van der Waals surface area (Å²) in [5.41, 5.74) is 11.4. The van der Waals surface area contributed by atoms with Crippen LogP contribution in [0.15, 0.2) is 37.2 Å². The fourth-order valence-corrected chi connectivity index (χ4v) is 7.06. The van der Waals surface area contributed by atoms with Crippen molar-refractivity contribution in [3.63, 3.8) is 0 Å². The van der Waals surface area contributed by atoms with Crippen LogP contribution >= 0.6 is 15.6 Å². The smallest absolute Gasteiger partial charge is 0.274 e. The van der Waals surface area contributed by atoms with E-state index in [1.54, 1.807) is 0 Å². The number of nitrogen functional groups attached to an aromatic ring is 1. The van der Waals surface area contributed by atoms with Crippen LogP contribution < -0.4 is 25.8 Å². The number of imidazole rings is 1. The van der Waals surface area contributed by atoms with E-state index in [4.69, 9.17) is 20.7 Å². The molecule has 4 heterocycles. The Kier molecular flexibility index (Phi) is 8.67. The van der Waals surface area contributed by atoms with Crippen LogP contribution in [0.5, 0.6) is 0 Å². The molecular formula is C21H26N7O13P2-. The monoisotopic (exact) mass is 646 g/mol. The van der Waals surface area contributed by atoms with Crippen molar-refractivity contribution in [2.24, 2.45) is 5.73 Å². The van der Waals surface area contributed by atoms with Crippen molar-refractivity contribution >= 4 is 38.5 Å². The van der Waals surface area contributed by atoms with Gasteiger partial charge < -0.3 is 55.5 Å². The first-order chi connectivity index (χ1) is 20.2. The Morgan fingerprint density at radius 3 is 2.58 bits per heavy atom. The standard InChI is InChI=1S/C21H27N7O13P2/c22-18-13-20(25-7-24-18)28(8-26-13)21-17(32)16(31)12(39-21)6-38-42(34,35)41-43(36,37)40-11-4-10(14(29)15(11)30)27-3-1-2-9(5-27)19(23)33/h1-3,5,7-8,10-12,14-17,21,29-32H,4,6H2,(H5-,22,23,24,25,33,34,35,36,37)/p-1. The molecular weight excluding hydrogens is 620 g/mol. The van der Waals surface area contributed by atoms with Crippen LogP contribution in [0.2, 0.25) is 0 Å². The molecule has 22 heteroatoms. The number of carbonyl (C=O) groups excluding carboxylic acids is 1. The fourth-order valence-electron chi connectivity index (χ4n) is 4.86. The van der Waals surface area contributed by atoms with Crippen LogP contribution in [0.4, 0.5) is 5.82 Å². The summed E-state index contributed by atoms with van der Waals surface area (Å²) in [7, 11) is -11.4. The number of pyridine rings is 1. The molecule has 2 aliphatic rings. The van der Waals surface area contributed by atoms with Crippen LogP contribution in [0.1, 0.15) is 29.0 Å². The van der Waals surface area contributed by atoms with Crippen molar-refractivity contribution in [1.29, 1.82) is 0 Å². The lowest BCUT2D eigenvalue weighted by Gasteiger charge is -2.33. The Labute approximate surface area is 241 Å². The Morgan fingerprint density at radius 1 is 1.12 bits per heavy atom. The number of hydrogen-bond donors (Lipinski definition) is 6. The van der Waals surface area contributed by atoms with Crippen molar-refractivity contribution in [2.45, 2.75) is 55.3 Å². The molecule has 0 bridgehead atoms. The highest BCUT2D eigenvalue weighted by molar-refractivity contribution is 7.59. The highest BCUT2D eigenvalue weighted by atomic mass is 31.3. The number of amides is 1. The number of phosphoric ester groups is 2. The molecule has 3 aromatic rings. The van der Waals surface area contributed by atoms with Gasteiger partial charge in [0.1, 0.15) is 54.0 Å². The number of fused-ring (bicyclic) bond motifs is 1. The predicted octanol–water partition coefficient (Wildman–Crippen LogP) is -3.86. The summed E-state index contributed by atoms with van der Waals surface area (Å²) in [4.78, 5) is 48.0. The molecule has 1 saturated carbocycles. The van der Waals surface area contributed by atoms with Crippen LogP contribution in [0.3, 0.4) is 0 Å². The van der Waals surface area contributed by atoms with Crippen molar-refractivity contribution in [2.75, 3.05) is 12.3 Å². The van der Waals surface area contributed by atoms with Gasteiger partial charge in [-0.05, 0) is 6.07 Å². The lowest BCUT2D eigenvalue weighted by molar-refractivity contribution is -0.728. The van der Waals surface area contributed by atoms with Gasteiger partial charge in [0.25, 0.3) is 21.6 Å². The molecule has 1 aliphatic carbocycles. The van der Waals surface area contributed by atoms with Gasteiger partial charge in [0.05, 0.1) is 12.9 Å². The molecule has 20 nitrogen and oxygen atoms in total. The average Bonchev–Trinajstić information content (AvgIpc) is 3.58. The molecule has 43 heavy (non-hydrogen) atoms. The van der Waals surface area contributed by atoms with E-state index in [-0.39, 0.29) is 29.0 Å². The zero-order valence-electron chi connectivity index (χ0n) is 21.7. The van der Waals surface area contributed by atoms with E-state index in [0.29, 0.717) is 0 Å². The number of nitrogens with zero attached hydrogens (tertiary/aromatic N) is 5. The minimum absolute atomic E-state index is 0.0385. The molecule has 2 fully saturated rings. The number of nitrogens with two attached hydrogens (primary N) is 2. The topological polar surface area (TPSA) is 315 Å². The molecule has 0 aromatic carbocycles. The highest BCUT2D eigenvalue weighted by Gasteiger charge is 2.49. The first-order valence-electron chi connectivity index (χ1n) is 12.4. The molecule has 1 aliphatic heterocycles. The molecule has 3 aromatic heterocycles. The van der Waals surface area contributed by atoms with Gasteiger partial charge in [-0.15, -0.1) is 0 Å². The molecule has 10 atom stereocenters. The molecule has 10 unspecified atom stereocenters. The summed E-state index contributed by atoms with van der Waals surface area (Å²) in [6, 6.07) is 1.86. The highest BCUT2D eigenvalue weighted by Crippen LogP contribution is 2.57. The summed E-state index contributed by atoms with van der Waals surface area (Å²) in [5.74, 6) is -0.731. The summed E-state index contributed by atoms with van der Waals surface area (Å²) in [6.45, 7) is -0.987. The second-order valence-electron chi connectivity index (χ2n) is 9.73. The van der Waals surface area contributed by atoms with E-state index >= 15 is 0 Å². The zero-order chi connectivity index (χ0) is 31.3. The van der Waals surface area contributed by atoms with Gasteiger partial charge in [0.15, 0.2) is 36.1 Å². The van der Waals surface area contributed by atoms with Gasteiger partial charge in [0.2, 0.25) is 0 Å². The third kappa shape index (κ3) is 6.46. The molecule has 5 rings (SSSR count). The number of ether oxygens (including phenoxy) is 1. The van der Waals surface area contributed by atoms with Gasteiger partial charge in [-0.25, -0.2) is 19.3 Å². The lowest BCUT2D eigenvalue weighted by atomic mass is 10.1. The fraction of sp³-hybridized carbons (Fsp3) is 0.476. The Hall–Kier alpha value is -2.97. The summed E-state index contributed by atoms with van der Waals surface area (Å²) < 4.78 is 46.3. The van der Waals surface area contributed by atoms with Crippen molar-refractivity contribution in [1.82, 2.24) is 19.5 Å². The Morgan fingerprint density at radius 2 is 1.86 bits per heavy atom. The zero-order valence-corrected chi connectivity index (χ0v) is 23.5. The van der Waals surface area contributed by atoms with E-state index in [2.05, 4.69) is 23.8 Å². The summed E-state index contributed by atoms with van der Waals surface area (Å²) in [6.07, 6.45) is -6.43. The Bertz CT molecular complexity index is 1610. The molecule has 0 spiro atoms.